The minimum Gasteiger partial charge on any atom is -0.454 e. The second-order valence-corrected chi connectivity index (χ2v) is 6.16. The highest BCUT2D eigenvalue weighted by atomic mass is 16.7. The molecule has 2 aromatic carbocycles. The van der Waals surface area contributed by atoms with Crippen molar-refractivity contribution in [2.45, 2.75) is 6.92 Å². The van der Waals surface area contributed by atoms with E-state index in [-0.39, 0.29) is 6.79 Å². The van der Waals surface area contributed by atoms with Gasteiger partial charge in [-0.1, -0.05) is 29.8 Å². The van der Waals surface area contributed by atoms with Gasteiger partial charge >= 0.3 is 0 Å². The number of aromatic nitrogens is 3. The third-order valence-electron chi connectivity index (χ3n) is 4.36. The van der Waals surface area contributed by atoms with Gasteiger partial charge in [-0.3, -0.25) is 4.40 Å². The molecule has 3 heterocycles. The number of rotatable bonds is 3. The Balaban J connectivity index is 1.63. The topological polar surface area (TPSA) is 60.7 Å². The van der Waals surface area contributed by atoms with Crippen LogP contribution in [0.25, 0.3) is 17.0 Å². The molecule has 1 aliphatic heterocycles. The van der Waals surface area contributed by atoms with Gasteiger partial charge in [0.2, 0.25) is 12.6 Å². The molecule has 0 atom stereocenters. The average Bonchev–Trinajstić information content (AvgIpc) is 3.27. The Morgan fingerprint density at radius 1 is 1.04 bits per heavy atom. The second-order valence-electron chi connectivity index (χ2n) is 6.16. The van der Waals surface area contributed by atoms with Gasteiger partial charge in [-0.15, -0.1) is 0 Å². The Hall–Kier alpha value is -3.54. The van der Waals surface area contributed by atoms with E-state index in [1.54, 1.807) is 6.20 Å². The molecule has 0 saturated heterocycles. The van der Waals surface area contributed by atoms with Crippen LogP contribution in [0.1, 0.15) is 5.56 Å². The summed E-state index contributed by atoms with van der Waals surface area (Å²) in [4.78, 5) is 9.09. The first-order valence-corrected chi connectivity index (χ1v) is 8.35. The first-order valence-electron chi connectivity index (χ1n) is 8.35. The second kappa shape index (κ2) is 5.77. The van der Waals surface area contributed by atoms with E-state index in [4.69, 9.17) is 14.5 Å². The molecule has 0 radical (unpaired) electrons. The van der Waals surface area contributed by atoms with Crippen molar-refractivity contribution in [3.8, 4) is 22.8 Å². The molecule has 0 bridgehead atoms. The highest BCUT2D eigenvalue weighted by Gasteiger charge is 2.17. The standard InChI is InChI=1S/C20H16N4O2/c1-13-3-5-14(6-4-13)18-19(24-10-2-9-21-20(24)23-18)22-15-7-8-16-17(11-15)26-12-25-16/h2-11,22H,12H2,1H3. The lowest BCUT2D eigenvalue weighted by Gasteiger charge is -2.09. The van der Waals surface area contributed by atoms with Gasteiger partial charge in [-0.25, -0.2) is 9.97 Å². The number of hydrogen-bond donors (Lipinski definition) is 1. The number of nitrogens with zero attached hydrogens (tertiary/aromatic N) is 3. The Bertz CT molecular complexity index is 1100. The minimum absolute atomic E-state index is 0.257. The first-order chi connectivity index (χ1) is 12.8. The lowest BCUT2D eigenvalue weighted by molar-refractivity contribution is 0.174. The molecular formula is C20H16N4O2. The maximum Gasteiger partial charge on any atom is 0.235 e. The van der Waals surface area contributed by atoms with Gasteiger partial charge < -0.3 is 14.8 Å². The van der Waals surface area contributed by atoms with Crippen LogP contribution in [0.3, 0.4) is 0 Å². The van der Waals surface area contributed by atoms with E-state index in [0.717, 1.165) is 34.3 Å². The van der Waals surface area contributed by atoms with Gasteiger partial charge in [-0.2, -0.15) is 0 Å². The zero-order chi connectivity index (χ0) is 17.5. The van der Waals surface area contributed by atoms with E-state index in [1.165, 1.54) is 5.56 Å². The van der Waals surface area contributed by atoms with E-state index >= 15 is 0 Å². The van der Waals surface area contributed by atoms with Crippen molar-refractivity contribution in [2.24, 2.45) is 0 Å². The molecule has 0 fully saturated rings. The predicted molar refractivity (Wildman–Crippen MR) is 99.0 cm³/mol. The first kappa shape index (κ1) is 14.8. The molecule has 0 saturated carbocycles. The third-order valence-corrected chi connectivity index (χ3v) is 4.36. The minimum atomic E-state index is 0.257. The van der Waals surface area contributed by atoms with E-state index in [0.29, 0.717) is 5.78 Å². The largest absolute Gasteiger partial charge is 0.454 e. The number of aryl methyl sites for hydroxylation is 1. The lowest BCUT2D eigenvalue weighted by Crippen LogP contribution is -1.97. The van der Waals surface area contributed by atoms with Crippen LogP contribution in [0.5, 0.6) is 11.5 Å². The molecule has 0 spiro atoms. The number of benzene rings is 2. The molecular weight excluding hydrogens is 328 g/mol. The number of fused-ring (bicyclic) bond motifs is 2. The molecule has 26 heavy (non-hydrogen) atoms. The zero-order valence-electron chi connectivity index (χ0n) is 14.1. The number of hydrogen-bond acceptors (Lipinski definition) is 5. The highest BCUT2D eigenvalue weighted by molar-refractivity contribution is 5.79. The molecule has 6 heteroatoms. The van der Waals surface area contributed by atoms with Gasteiger partial charge in [0.25, 0.3) is 0 Å². The van der Waals surface area contributed by atoms with Crippen molar-refractivity contribution >= 4 is 17.3 Å². The van der Waals surface area contributed by atoms with Gasteiger partial charge in [0.15, 0.2) is 11.5 Å². The van der Waals surface area contributed by atoms with Crippen LogP contribution in [0.2, 0.25) is 0 Å². The molecule has 0 aliphatic carbocycles. The molecule has 1 aliphatic rings. The van der Waals surface area contributed by atoms with E-state index < -0.39 is 0 Å². The van der Waals surface area contributed by atoms with Crippen LogP contribution in [-0.2, 0) is 0 Å². The number of imidazole rings is 1. The lowest BCUT2D eigenvalue weighted by atomic mass is 10.1. The van der Waals surface area contributed by atoms with Crippen LogP contribution < -0.4 is 14.8 Å². The summed E-state index contributed by atoms with van der Waals surface area (Å²) in [5, 5.41) is 3.46. The molecule has 2 aromatic heterocycles. The highest BCUT2D eigenvalue weighted by Crippen LogP contribution is 2.37. The van der Waals surface area contributed by atoms with Crippen LogP contribution in [0, 0.1) is 6.92 Å². The SMILES string of the molecule is Cc1ccc(-c2nc3ncccn3c2Nc2ccc3c(c2)OCO3)cc1. The molecule has 6 nitrogen and oxygen atoms in total. The Morgan fingerprint density at radius 3 is 2.77 bits per heavy atom. The fraction of sp³-hybridized carbons (Fsp3) is 0.100. The van der Waals surface area contributed by atoms with Crippen molar-refractivity contribution in [1.29, 1.82) is 0 Å². The summed E-state index contributed by atoms with van der Waals surface area (Å²) in [6.45, 7) is 2.33. The molecule has 0 amide bonds. The quantitative estimate of drug-likeness (QED) is 0.604. The van der Waals surface area contributed by atoms with E-state index in [2.05, 4.69) is 41.5 Å². The fourth-order valence-electron chi connectivity index (χ4n) is 3.03. The normalized spacial score (nSPS) is 12.5. The summed E-state index contributed by atoms with van der Waals surface area (Å²) in [5.74, 6) is 3.00. The maximum absolute atomic E-state index is 5.48. The smallest absolute Gasteiger partial charge is 0.235 e. The van der Waals surface area contributed by atoms with Gasteiger partial charge in [0.05, 0.1) is 0 Å². The summed E-state index contributed by atoms with van der Waals surface area (Å²) >= 11 is 0. The molecule has 5 rings (SSSR count). The van der Waals surface area contributed by atoms with E-state index in [1.807, 2.05) is 34.9 Å². The Kier molecular flexibility index (Phi) is 3.28. The van der Waals surface area contributed by atoms with Crippen molar-refractivity contribution in [1.82, 2.24) is 14.4 Å². The Morgan fingerprint density at radius 2 is 1.88 bits per heavy atom. The van der Waals surface area contributed by atoms with Crippen LogP contribution in [-0.4, -0.2) is 21.2 Å². The zero-order valence-corrected chi connectivity index (χ0v) is 14.1. The third kappa shape index (κ3) is 2.43. The summed E-state index contributed by atoms with van der Waals surface area (Å²) in [6.07, 6.45) is 3.69. The molecule has 4 aromatic rings. The van der Waals surface area contributed by atoms with Crippen molar-refractivity contribution < 1.29 is 9.47 Å². The number of ether oxygens (including phenoxy) is 2. The molecule has 1 N–H and O–H groups in total. The fourth-order valence-corrected chi connectivity index (χ4v) is 3.03. The summed E-state index contributed by atoms with van der Waals surface area (Å²) < 4.78 is 12.8. The van der Waals surface area contributed by atoms with Crippen LogP contribution in [0.15, 0.2) is 60.9 Å². The van der Waals surface area contributed by atoms with Gasteiger partial charge in [0.1, 0.15) is 11.5 Å². The van der Waals surface area contributed by atoms with Crippen molar-refractivity contribution in [3.05, 3.63) is 66.5 Å². The summed E-state index contributed by atoms with van der Waals surface area (Å²) in [5.41, 5.74) is 3.99. The monoisotopic (exact) mass is 344 g/mol. The molecule has 128 valence electrons. The van der Waals surface area contributed by atoms with E-state index in [9.17, 15) is 0 Å². The average molecular weight is 344 g/mol. The van der Waals surface area contributed by atoms with Crippen LogP contribution in [0.4, 0.5) is 11.5 Å². The van der Waals surface area contributed by atoms with Crippen molar-refractivity contribution in [3.63, 3.8) is 0 Å². The van der Waals surface area contributed by atoms with Crippen LogP contribution >= 0.6 is 0 Å². The van der Waals surface area contributed by atoms with Gasteiger partial charge in [0, 0.05) is 29.7 Å². The van der Waals surface area contributed by atoms with Gasteiger partial charge in [-0.05, 0) is 25.1 Å². The van der Waals surface area contributed by atoms with Crippen molar-refractivity contribution in [2.75, 3.05) is 12.1 Å². The summed E-state index contributed by atoms with van der Waals surface area (Å²) in [6, 6.07) is 16.0. The summed E-state index contributed by atoms with van der Waals surface area (Å²) in [7, 11) is 0. The molecule has 0 unspecified atom stereocenters. The number of nitrogens with one attached hydrogen (secondary N) is 1. The maximum atomic E-state index is 5.48. The number of anilines is 2. The Labute approximate surface area is 150 Å². The predicted octanol–water partition coefficient (Wildman–Crippen LogP) is 4.18.